The molecule has 4 aromatic rings. The summed E-state index contributed by atoms with van der Waals surface area (Å²) in [7, 11) is 0.761. The molecule has 0 N–H and O–H groups in total. The minimum Gasteiger partial charge on any atom is -1.00 e. The molecule has 0 aromatic heterocycles. The largest absolute Gasteiger partial charge is 1.00 e. The van der Waals surface area contributed by atoms with Gasteiger partial charge in [0.25, 0.3) is 0 Å². The smallest absolute Gasteiger partial charge is 1.00 e. The quantitative estimate of drug-likeness (QED) is 0.307. The summed E-state index contributed by atoms with van der Waals surface area (Å²) in [4.78, 5) is 0. The first-order valence-corrected chi connectivity index (χ1v) is 15.8. The Hall–Kier alpha value is -1.75. The standard InChI is InChI=1S/C16H14P.C16H13.2ClH.Zr/c1-12-6-2-5-9-16(12)17-15-10-13-7-3-4-8-14(13)11-15;1-12-10-14-8-5-9-15(16(14)11-12)13-6-3-2-4-7-13;;;/h2-11,17H,1H3;2-11H,1H3;2*1H;/q;;;;+2/p-2. The molecular formula is C32H27Cl2PZr. The fourth-order valence-corrected chi connectivity index (χ4v) is 12.1. The van der Waals surface area contributed by atoms with Crippen molar-refractivity contribution in [3.63, 3.8) is 0 Å². The molecule has 0 heterocycles. The molecule has 0 fully saturated rings. The molecule has 0 spiro atoms. The Morgan fingerprint density at radius 1 is 0.639 bits per heavy atom. The van der Waals surface area contributed by atoms with Gasteiger partial charge in [0, 0.05) is 0 Å². The zero-order valence-electron chi connectivity index (χ0n) is 20.3. The zero-order valence-corrected chi connectivity index (χ0v) is 25.3. The van der Waals surface area contributed by atoms with Crippen LogP contribution in [-0.4, -0.2) is 0 Å². The molecule has 0 saturated carbocycles. The van der Waals surface area contributed by atoms with Crippen molar-refractivity contribution in [2.45, 2.75) is 21.1 Å². The van der Waals surface area contributed by atoms with Gasteiger partial charge in [0.2, 0.25) is 0 Å². The minimum atomic E-state index is -0.868. The van der Waals surface area contributed by atoms with E-state index in [1.165, 1.54) is 33.1 Å². The Balaban J connectivity index is 0.00000152. The predicted octanol–water partition coefficient (Wildman–Crippen LogP) is 2.31. The van der Waals surface area contributed by atoms with E-state index in [9.17, 15) is 0 Å². The summed E-state index contributed by atoms with van der Waals surface area (Å²) in [5, 5.41) is 3.15. The number of hydrogen-bond acceptors (Lipinski definition) is 0. The van der Waals surface area contributed by atoms with E-state index in [1.54, 1.807) is 22.0 Å². The maximum Gasteiger partial charge on any atom is -1.00 e. The zero-order chi connectivity index (χ0) is 23.1. The Bertz CT molecular complexity index is 1440. The van der Waals surface area contributed by atoms with Gasteiger partial charge in [0.15, 0.2) is 0 Å². The third-order valence-corrected chi connectivity index (χ3v) is 14.4. The van der Waals surface area contributed by atoms with Crippen LogP contribution in [0.2, 0.25) is 0 Å². The van der Waals surface area contributed by atoms with Gasteiger partial charge < -0.3 is 24.8 Å². The second kappa shape index (κ2) is 11.8. The summed E-state index contributed by atoms with van der Waals surface area (Å²) in [6.07, 6.45) is 5.00. The summed E-state index contributed by atoms with van der Waals surface area (Å²) in [5.74, 6) is 0. The summed E-state index contributed by atoms with van der Waals surface area (Å²) < 4.78 is 1.26. The number of rotatable bonds is 5. The Morgan fingerprint density at radius 2 is 1.33 bits per heavy atom. The van der Waals surface area contributed by atoms with E-state index >= 15 is 0 Å². The van der Waals surface area contributed by atoms with Crippen LogP contribution in [0.3, 0.4) is 0 Å². The van der Waals surface area contributed by atoms with E-state index < -0.39 is 23.2 Å². The molecule has 0 nitrogen and oxygen atoms in total. The van der Waals surface area contributed by atoms with Gasteiger partial charge in [0.1, 0.15) is 0 Å². The summed E-state index contributed by atoms with van der Waals surface area (Å²) in [6.45, 7) is 4.62. The van der Waals surface area contributed by atoms with Gasteiger partial charge in [-0.15, -0.1) is 0 Å². The topological polar surface area (TPSA) is 0 Å². The predicted molar refractivity (Wildman–Crippen MR) is 145 cm³/mol. The normalized spacial score (nSPS) is 17.4. The molecule has 178 valence electrons. The van der Waals surface area contributed by atoms with Crippen molar-refractivity contribution in [1.82, 2.24) is 0 Å². The van der Waals surface area contributed by atoms with E-state index in [2.05, 4.69) is 123 Å². The Kier molecular flexibility index (Phi) is 8.91. The first-order chi connectivity index (χ1) is 16.7. The van der Waals surface area contributed by atoms with Crippen LogP contribution in [0.25, 0.3) is 23.3 Å². The van der Waals surface area contributed by atoms with E-state index in [4.69, 9.17) is 0 Å². The van der Waals surface area contributed by atoms with E-state index in [0.717, 1.165) is 8.58 Å². The molecule has 3 unspecified atom stereocenters. The molecule has 0 radical (unpaired) electrons. The van der Waals surface area contributed by atoms with Crippen LogP contribution in [0.5, 0.6) is 0 Å². The molecule has 0 bridgehead atoms. The molecule has 3 atom stereocenters. The fourth-order valence-electron chi connectivity index (χ4n) is 5.29. The van der Waals surface area contributed by atoms with Crippen LogP contribution in [0, 0.1) is 6.92 Å². The summed E-state index contributed by atoms with van der Waals surface area (Å²) >= 11 is -0.868. The van der Waals surface area contributed by atoms with Crippen molar-refractivity contribution in [3.8, 4) is 11.1 Å². The third kappa shape index (κ3) is 5.14. The van der Waals surface area contributed by atoms with Gasteiger partial charge in [-0.2, -0.15) is 0 Å². The molecule has 2 aliphatic rings. The number of hydrogen-bond donors (Lipinski definition) is 0. The summed E-state index contributed by atoms with van der Waals surface area (Å²) in [5.41, 5.74) is 11.7. The average molecular weight is 605 g/mol. The van der Waals surface area contributed by atoms with Crippen LogP contribution in [0.1, 0.15) is 42.0 Å². The van der Waals surface area contributed by atoms with Gasteiger partial charge in [-0.25, -0.2) is 0 Å². The van der Waals surface area contributed by atoms with Crippen LogP contribution in [0.15, 0.2) is 108 Å². The SMILES string of the molecule is CC1=Cc2c(-c3ccccc3)cccc2[CH]1[Zr+2][CH]1C(Pc2ccccc2C)=Cc2ccccc21.[Cl-].[Cl-]. The monoisotopic (exact) mass is 602 g/mol. The van der Waals surface area contributed by atoms with Gasteiger partial charge in [-0.1, -0.05) is 0 Å². The molecule has 0 amide bonds. The molecule has 0 saturated heterocycles. The molecule has 36 heavy (non-hydrogen) atoms. The Labute approximate surface area is 240 Å². The van der Waals surface area contributed by atoms with Crippen LogP contribution in [0.4, 0.5) is 0 Å². The van der Waals surface area contributed by atoms with Crippen molar-refractivity contribution in [2.24, 2.45) is 0 Å². The number of halogens is 2. The Morgan fingerprint density at radius 3 is 2.14 bits per heavy atom. The maximum atomic E-state index is 2.51. The second-order valence-electron chi connectivity index (χ2n) is 9.26. The fraction of sp³-hybridized carbons (Fsp3) is 0.125. The maximum absolute atomic E-state index is 2.51. The van der Waals surface area contributed by atoms with Crippen molar-refractivity contribution in [3.05, 3.63) is 136 Å². The number of fused-ring (bicyclic) bond motifs is 2. The first kappa shape index (κ1) is 27.3. The molecule has 4 aromatic carbocycles. The van der Waals surface area contributed by atoms with Crippen molar-refractivity contribution >= 4 is 26.0 Å². The van der Waals surface area contributed by atoms with E-state index in [1.807, 2.05) is 0 Å². The first-order valence-electron chi connectivity index (χ1n) is 11.9. The van der Waals surface area contributed by atoms with Crippen LogP contribution < -0.4 is 30.1 Å². The molecule has 6 rings (SSSR count). The van der Waals surface area contributed by atoms with Crippen molar-refractivity contribution in [1.29, 1.82) is 0 Å². The molecule has 4 heteroatoms. The molecule has 0 aliphatic heterocycles. The number of allylic oxidation sites excluding steroid dienone is 2. The summed E-state index contributed by atoms with van der Waals surface area (Å²) in [6, 6.07) is 35.9. The second-order valence-corrected chi connectivity index (χ2v) is 14.3. The van der Waals surface area contributed by atoms with E-state index in [0.29, 0.717) is 7.25 Å². The van der Waals surface area contributed by atoms with Gasteiger partial charge >= 0.3 is 217 Å². The number of benzene rings is 4. The minimum absolute atomic E-state index is 0. The van der Waals surface area contributed by atoms with Gasteiger partial charge in [-0.05, 0) is 0 Å². The number of aryl methyl sites for hydroxylation is 1. The van der Waals surface area contributed by atoms with Crippen molar-refractivity contribution < 1.29 is 48.0 Å². The van der Waals surface area contributed by atoms with Crippen LogP contribution >= 0.6 is 8.58 Å². The third-order valence-electron chi connectivity index (χ3n) is 7.05. The van der Waals surface area contributed by atoms with Gasteiger partial charge in [0.05, 0.1) is 0 Å². The van der Waals surface area contributed by atoms with Crippen LogP contribution in [-0.2, 0) is 23.2 Å². The van der Waals surface area contributed by atoms with Crippen molar-refractivity contribution in [2.75, 3.05) is 0 Å². The molecule has 2 aliphatic carbocycles. The average Bonchev–Trinajstić information content (AvgIpc) is 3.38. The van der Waals surface area contributed by atoms with Gasteiger partial charge in [-0.3, -0.25) is 0 Å². The van der Waals surface area contributed by atoms with E-state index in [-0.39, 0.29) is 24.8 Å². The molecular weight excluding hydrogens is 577 g/mol.